The molecule has 0 aromatic carbocycles. The quantitative estimate of drug-likeness (QED) is 0.432. The van der Waals surface area contributed by atoms with Crippen molar-refractivity contribution in [2.75, 3.05) is 13.2 Å². The van der Waals surface area contributed by atoms with Crippen LogP contribution in [-0.2, 0) is 19.0 Å². The summed E-state index contributed by atoms with van der Waals surface area (Å²) in [6.07, 6.45) is -0.383. The SMILES string of the molecule is CCOC(=O)N1[C@@H]2C[C@@H]([C@H]3C(C(OC(C)=O)=C(C)C)[C@H]32)N1C(=O)OCC. The molecule has 2 bridgehead atoms. The van der Waals surface area contributed by atoms with Crippen molar-refractivity contribution in [1.29, 1.82) is 0 Å². The number of nitrogens with zero attached hydrogens (tertiary/aromatic N) is 2. The van der Waals surface area contributed by atoms with Gasteiger partial charge in [0.25, 0.3) is 0 Å². The Hall–Kier alpha value is -2.25. The molecule has 8 nitrogen and oxygen atoms in total. The fourth-order valence-electron chi connectivity index (χ4n) is 4.59. The molecule has 2 saturated carbocycles. The number of rotatable bonds is 4. The first-order chi connectivity index (χ1) is 12.3. The molecule has 0 N–H and O–H groups in total. The van der Waals surface area contributed by atoms with Gasteiger partial charge in [0.2, 0.25) is 0 Å². The molecule has 1 heterocycles. The number of amides is 2. The summed E-state index contributed by atoms with van der Waals surface area (Å²) in [4.78, 5) is 36.4. The van der Waals surface area contributed by atoms with Gasteiger partial charge in [-0.15, -0.1) is 0 Å². The summed E-state index contributed by atoms with van der Waals surface area (Å²) in [6.45, 7) is 9.10. The number of allylic oxidation sites excluding steroid dienone is 2. The van der Waals surface area contributed by atoms with Crippen molar-refractivity contribution >= 4 is 18.2 Å². The lowest BCUT2D eigenvalue weighted by Crippen LogP contribution is -2.54. The Kier molecular flexibility index (Phi) is 4.86. The standard InChI is InChI=1S/C18H26N2O6/c1-6-24-17(22)19-11-8-12(20(19)18(23)25-7-2)14-13(11)15(14)16(9(3)4)26-10(5)21/h11-15H,6-8H2,1-5H3/t11-,12+,13+,14-,15?. The molecule has 3 aliphatic rings. The first-order valence-corrected chi connectivity index (χ1v) is 9.11. The molecule has 144 valence electrons. The van der Waals surface area contributed by atoms with Crippen LogP contribution in [0.2, 0.25) is 0 Å². The smallest absolute Gasteiger partial charge is 0.429 e. The lowest BCUT2D eigenvalue weighted by molar-refractivity contribution is -0.137. The van der Waals surface area contributed by atoms with Gasteiger partial charge >= 0.3 is 18.2 Å². The van der Waals surface area contributed by atoms with Crippen LogP contribution in [-0.4, -0.2) is 53.5 Å². The third-order valence-electron chi connectivity index (χ3n) is 5.32. The average Bonchev–Trinajstić information content (AvgIpc) is 3.01. The molecule has 1 saturated heterocycles. The lowest BCUT2D eigenvalue weighted by atomic mass is 10.0. The molecule has 3 rings (SSSR count). The number of carbonyl (C=O) groups excluding carboxylic acids is 3. The van der Waals surface area contributed by atoms with Crippen LogP contribution in [0.25, 0.3) is 0 Å². The van der Waals surface area contributed by atoms with Gasteiger partial charge < -0.3 is 14.2 Å². The predicted molar refractivity (Wildman–Crippen MR) is 90.5 cm³/mol. The van der Waals surface area contributed by atoms with Crippen molar-refractivity contribution < 1.29 is 28.6 Å². The maximum atomic E-state index is 12.5. The second-order valence-electron chi connectivity index (χ2n) is 7.10. The second kappa shape index (κ2) is 6.81. The molecular formula is C18H26N2O6. The van der Waals surface area contributed by atoms with E-state index in [1.165, 1.54) is 16.9 Å². The Labute approximate surface area is 153 Å². The zero-order valence-electron chi connectivity index (χ0n) is 15.9. The van der Waals surface area contributed by atoms with Crippen molar-refractivity contribution in [2.45, 2.75) is 53.1 Å². The summed E-state index contributed by atoms with van der Waals surface area (Å²) in [7, 11) is 0. The maximum absolute atomic E-state index is 12.5. The summed E-state index contributed by atoms with van der Waals surface area (Å²) >= 11 is 0. The van der Waals surface area contributed by atoms with Crippen LogP contribution in [0.15, 0.2) is 11.3 Å². The summed E-state index contributed by atoms with van der Waals surface area (Å²) in [5.74, 6) is 0.669. The highest BCUT2D eigenvalue weighted by atomic mass is 16.6. The van der Waals surface area contributed by atoms with Gasteiger partial charge in [-0.1, -0.05) is 0 Å². The molecule has 2 amide bonds. The number of hydrogen-bond acceptors (Lipinski definition) is 6. The minimum atomic E-state index is -0.539. The van der Waals surface area contributed by atoms with Gasteiger partial charge in [0.1, 0.15) is 5.76 Å². The minimum Gasteiger partial charge on any atom is -0.448 e. The van der Waals surface area contributed by atoms with Crippen LogP contribution < -0.4 is 0 Å². The predicted octanol–water partition coefficient (Wildman–Crippen LogP) is 2.69. The van der Waals surface area contributed by atoms with Gasteiger partial charge in [0.05, 0.1) is 25.3 Å². The zero-order chi connectivity index (χ0) is 19.2. The van der Waals surface area contributed by atoms with Crippen LogP contribution in [0.4, 0.5) is 9.59 Å². The van der Waals surface area contributed by atoms with Crippen molar-refractivity contribution in [3.05, 3.63) is 11.3 Å². The van der Waals surface area contributed by atoms with Crippen molar-refractivity contribution in [3.63, 3.8) is 0 Å². The molecule has 5 atom stereocenters. The van der Waals surface area contributed by atoms with Crippen molar-refractivity contribution in [1.82, 2.24) is 10.0 Å². The van der Waals surface area contributed by atoms with E-state index in [1.807, 2.05) is 13.8 Å². The van der Waals surface area contributed by atoms with E-state index in [9.17, 15) is 14.4 Å². The number of hydrazine groups is 1. The number of ether oxygens (including phenoxy) is 3. The number of esters is 1. The van der Waals surface area contributed by atoms with Gasteiger partial charge in [0.15, 0.2) is 0 Å². The third kappa shape index (κ3) is 2.81. The highest BCUT2D eigenvalue weighted by molar-refractivity contribution is 5.77. The Bertz CT molecular complexity index is 620. The van der Waals surface area contributed by atoms with E-state index in [0.717, 1.165) is 5.57 Å². The number of hydrogen-bond donors (Lipinski definition) is 0. The van der Waals surface area contributed by atoms with E-state index in [0.29, 0.717) is 12.2 Å². The van der Waals surface area contributed by atoms with Gasteiger partial charge in [-0.2, -0.15) is 0 Å². The van der Waals surface area contributed by atoms with E-state index in [2.05, 4.69) is 0 Å². The largest absolute Gasteiger partial charge is 0.448 e. The fraction of sp³-hybridized carbons (Fsp3) is 0.722. The van der Waals surface area contributed by atoms with E-state index in [4.69, 9.17) is 14.2 Å². The molecule has 2 aliphatic carbocycles. The number of carbonyl (C=O) groups is 3. The molecule has 8 heteroatoms. The van der Waals surface area contributed by atoms with E-state index < -0.39 is 12.2 Å². The lowest BCUT2D eigenvalue weighted by Gasteiger charge is -2.35. The van der Waals surface area contributed by atoms with Crippen molar-refractivity contribution in [3.8, 4) is 0 Å². The third-order valence-corrected chi connectivity index (χ3v) is 5.32. The molecule has 0 aromatic rings. The Balaban J connectivity index is 1.88. The Morgan fingerprint density at radius 3 is 1.69 bits per heavy atom. The molecule has 1 unspecified atom stereocenters. The van der Waals surface area contributed by atoms with Crippen LogP contribution in [0.3, 0.4) is 0 Å². The molecule has 1 aliphatic heterocycles. The molecular weight excluding hydrogens is 340 g/mol. The van der Waals surface area contributed by atoms with Gasteiger partial charge in [-0.05, 0) is 51.5 Å². The monoisotopic (exact) mass is 366 g/mol. The summed E-state index contributed by atoms with van der Waals surface area (Å²) in [5, 5.41) is 2.81. The Morgan fingerprint density at radius 2 is 1.35 bits per heavy atom. The summed E-state index contributed by atoms with van der Waals surface area (Å²) in [5.41, 5.74) is 0.935. The molecule has 0 radical (unpaired) electrons. The summed E-state index contributed by atoms with van der Waals surface area (Å²) in [6, 6.07) is -0.299. The molecule has 0 aromatic heterocycles. The van der Waals surface area contributed by atoms with Crippen LogP contribution in [0.5, 0.6) is 0 Å². The highest BCUT2D eigenvalue weighted by Crippen LogP contribution is 2.67. The highest BCUT2D eigenvalue weighted by Gasteiger charge is 2.74. The van der Waals surface area contributed by atoms with E-state index >= 15 is 0 Å². The first-order valence-electron chi connectivity index (χ1n) is 9.11. The Morgan fingerprint density at radius 1 is 0.885 bits per heavy atom. The fourth-order valence-corrected chi connectivity index (χ4v) is 4.59. The molecule has 0 spiro atoms. The normalized spacial score (nSPS) is 30.6. The average molecular weight is 366 g/mol. The van der Waals surface area contributed by atoms with Crippen LogP contribution >= 0.6 is 0 Å². The van der Waals surface area contributed by atoms with Crippen molar-refractivity contribution in [2.24, 2.45) is 17.8 Å². The minimum absolute atomic E-state index is 0.0315. The van der Waals surface area contributed by atoms with Gasteiger partial charge in [-0.3, -0.25) is 4.79 Å². The van der Waals surface area contributed by atoms with Crippen LogP contribution in [0, 0.1) is 17.8 Å². The zero-order valence-corrected chi connectivity index (χ0v) is 15.9. The molecule has 26 heavy (non-hydrogen) atoms. The second-order valence-corrected chi connectivity index (χ2v) is 7.10. The maximum Gasteiger partial charge on any atom is 0.429 e. The van der Waals surface area contributed by atoms with Crippen LogP contribution in [0.1, 0.15) is 41.0 Å². The van der Waals surface area contributed by atoms with E-state index in [1.54, 1.807) is 13.8 Å². The summed E-state index contributed by atoms with van der Waals surface area (Å²) < 4.78 is 15.8. The van der Waals surface area contributed by atoms with E-state index in [-0.39, 0.29) is 49.0 Å². The first kappa shape index (κ1) is 18.5. The molecule has 3 fully saturated rings. The topological polar surface area (TPSA) is 85.4 Å². The van der Waals surface area contributed by atoms with Gasteiger partial charge in [0, 0.05) is 12.8 Å². The number of fused-ring (bicyclic) bond motifs is 5. The van der Waals surface area contributed by atoms with Gasteiger partial charge in [-0.25, -0.2) is 19.6 Å².